The van der Waals surface area contributed by atoms with Crippen LogP contribution in [-0.4, -0.2) is 0 Å². The Balaban J connectivity index is 2.70. The van der Waals surface area contributed by atoms with Crippen molar-refractivity contribution in [3.05, 3.63) is 54.6 Å². The maximum atomic E-state index is 3.92. The number of unbranched alkanes of at least 4 members (excludes halogenated alkanes) is 1. The lowest BCUT2D eigenvalue weighted by molar-refractivity contribution is 0.644. The van der Waals surface area contributed by atoms with E-state index in [-0.39, 0.29) is 0 Å². The predicted molar refractivity (Wildman–Crippen MR) is 73.3 cm³/mol. The van der Waals surface area contributed by atoms with Crippen LogP contribution in [0.25, 0.3) is 5.57 Å². The SMILES string of the molecule is C=C[C@H](/C=C(\C)c1ccccc1)CCCC. The number of benzene rings is 1. The number of rotatable bonds is 6. The largest absolute Gasteiger partial charge is 0.102 e. The van der Waals surface area contributed by atoms with Crippen LogP contribution in [0, 0.1) is 5.92 Å². The summed E-state index contributed by atoms with van der Waals surface area (Å²) in [6, 6.07) is 10.5. The molecule has 0 bridgehead atoms. The molecule has 0 radical (unpaired) electrons. The third-order valence-corrected chi connectivity index (χ3v) is 2.89. The highest BCUT2D eigenvalue weighted by Gasteiger charge is 2.01. The van der Waals surface area contributed by atoms with Gasteiger partial charge in [-0.15, -0.1) is 6.58 Å². The predicted octanol–water partition coefficient (Wildman–Crippen LogP) is 5.08. The summed E-state index contributed by atoms with van der Waals surface area (Å²) < 4.78 is 0. The summed E-state index contributed by atoms with van der Waals surface area (Å²) in [4.78, 5) is 0. The van der Waals surface area contributed by atoms with Gasteiger partial charge in [0.1, 0.15) is 0 Å². The highest BCUT2D eigenvalue weighted by Crippen LogP contribution is 2.19. The smallest absolute Gasteiger partial charge is 0.00503 e. The van der Waals surface area contributed by atoms with Crippen molar-refractivity contribution in [2.75, 3.05) is 0 Å². The monoisotopic (exact) mass is 214 g/mol. The van der Waals surface area contributed by atoms with Crippen molar-refractivity contribution in [2.45, 2.75) is 33.1 Å². The van der Waals surface area contributed by atoms with E-state index in [1.54, 1.807) is 0 Å². The summed E-state index contributed by atoms with van der Waals surface area (Å²) >= 11 is 0. The summed E-state index contributed by atoms with van der Waals surface area (Å²) in [7, 11) is 0. The molecule has 0 N–H and O–H groups in total. The third kappa shape index (κ3) is 4.06. The lowest BCUT2D eigenvalue weighted by atomic mass is 9.97. The molecule has 1 rings (SSSR count). The molecule has 0 aromatic heterocycles. The second kappa shape index (κ2) is 7.05. The molecule has 0 nitrogen and oxygen atoms in total. The van der Waals surface area contributed by atoms with Crippen LogP contribution < -0.4 is 0 Å². The Morgan fingerprint density at radius 2 is 2.00 bits per heavy atom. The first-order valence-electron chi connectivity index (χ1n) is 6.14. The van der Waals surface area contributed by atoms with E-state index in [9.17, 15) is 0 Å². The Morgan fingerprint density at radius 3 is 2.56 bits per heavy atom. The van der Waals surface area contributed by atoms with E-state index >= 15 is 0 Å². The lowest BCUT2D eigenvalue weighted by Gasteiger charge is -2.09. The van der Waals surface area contributed by atoms with Crippen molar-refractivity contribution >= 4 is 5.57 Å². The molecule has 0 heterocycles. The van der Waals surface area contributed by atoms with E-state index in [4.69, 9.17) is 0 Å². The van der Waals surface area contributed by atoms with Crippen molar-refractivity contribution < 1.29 is 0 Å². The third-order valence-electron chi connectivity index (χ3n) is 2.89. The van der Waals surface area contributed by atoms with Gasteiger partial charge in [0.15, 0.2) is 0 Å². The number of allylic oxidation sites excluding steroid dienone is 3. The molecule has 86 valence electrons. The van der Waals surface area contributed by atoms with Gasteiger partial charge in [0, 0.05) is 0 Å². The highest BCUT2D eigenvalue weighted by molar-refractivity contribution is 5.63. The molecule has 0 fully saturated rings. The summed E-state index contributed by atoms with van der Waals surface area (Å²) in [5.41, 5.74) is 2.66. The Labute approximate surface area is 99.7 Å². The molecule has 1 aromatic carbocycles. The molecule has 0 saturated heterocycles. The zero-order valence-electron chi connectivity index (χ0n) is 10.4. The Hall–Kier alpha value is -1.30. The molecule has 0 spiro atoms. The molecule has 0 saturated carbocycles. The standard InChI is InChI=1S/C16H22/c1-4-6-10-15(5-2)13-14(3)16-11-8-7-9-12-16/h5,7-9,11-13,15H,2,4,6,10H2,1,3H3/b14-13+/t15-/m0/s1. The maximum Gasteiger partial charge on any atom is -0.00503 e. The fraction of sp³-hybridized carbons (Fsp3) is 0.375. The number of hydrogen-bond acceptors (Lipinski definition) is 0. The van der Waals surface area contributed by atoms with Crippen LogP contribution in [-0.2, 0) is 0 Å². The van der Waals surface area contributed by atoms with Gasteiger partial charge < -0.3 is 0 Å². The molecule has 0 heteroatoms. The van der Waals surface area contributed by atoms with Crippen molar-refractivity contribution in [3.8, 4) is 0 Å². The molecule has 0 unspecified atom stereocenters. The summed E-state index contributed by atoms with van der Waals surface area (Å²) in [5, 5.41) is 0. The highest BCUT2D eigenvalue weighted by atomic mass is 14.1. The first kappa shape index (κ1) is 12.8. The van der Waals surface area contributed by atoms with E-state index in [0.717, 1.165) is 0 Å². The van der Waals surface area contributed by atoms with E-state index in [1.165, 1.54) is 30.4 Å². The fourth-order valence-corrected chi connectivity index (χ4v) is 1.83. The molecule has 0 aliphatic heterocycles. The van der Waals surface area contributed by atoms with Crippen LogP contribution >= 0.6 is 0 Å². The van der Waals surface area contributed by atoms with Gasteiger partial charge in [-0.2, -0.15) is 0 Å². The van der Waals surface area contributed by atoms with Crippen molar-refractivity contribution in [1.29, 1.82) is 0 Å². The molecule has 1 atom stereocenters. The van der Waals surface area contributed by atoms with Gasteiger partial charge >= 0.3 is 0 Å². The first-order chi connectivity index (χ1) is 7.77. The second-order valence-electron chi connectivity index (χ2n) is 4.26. The molecule has 0 amide bonds. The van der Waals surface area contributed by atoms with Crippen LogP contribution in [0.5, 0.6) is 0 Å². The number of hydrogen-bond donors (Lipinski definition) is 0. The topological polar surface area (TPSA) is 0 Å². The quantitative estimate of drug-likeness (QED) is 0.579. The normalized spacial score (nSPS) is 13.5. The molecule has 0 aliphatic carbocycles. The minimum atomic E-state index is 0.514. The minimum absolute atomic E-state index is 0.514. The average molecular weight is 214 g/mol. The fourth-order valence-electron chi connectivity index (χ4n) is 1.83. The van der Waals surface area contributed by atoms with Crippen molar-refractivity contribution in [3.63, 3.8) is 0 Å². The zero-order chi connectivity index (χ0) is 11.8. The van der Waals surface area contributed by atoms with Gasteiger partial charge in [-0.05, 0) is 30.4 Å². The van der Waals surface area contributed by atoms with Gasteiger partial charge in [-0.3, -0.25) is 0 Å². The second-order valence-corrected chi connectivity index (χ2v) is 4.26. The Kier molecular flexibility index (Phi) is 5.63. The van der Waals surface area contributed by atoms with E-state index in [0.29, 0.717) is 5.92 Å². The van der Waals surface area contributed by atoms with Crippen LogP contribution in [0.2, 0.25) is 0 Å². The van der Waals surface area contributed by atoms with Crippen molar-refractivity contribution in [2.24, 2.45) is 5.92 Å². The Morgan fingerprint density at radius 1 is 1.31 bits per heavy atom. The molecule has 1 aromatic rings. The molecule has 0 aliphatic rings. The van der Waals surface area contributed by atoms with E-state index in [2.05, 4.69) is 62.9 Å². The van der Waals surface area contributed by atoms with Gasteiger partial charge in [-0.25, -0.2) is 0 Å². The molecular weight excluding hydrogens is 192 g/mol. The van der Waals surface area contributed by atoms with Gasteiger partial charge in [-0.1, -0.05) is 62.2 Å². The van der Waals surface area contributed by atoms with Crippen LogP contribution in [0.3, 0.4) is 0 Å². The average Bonchev–Trinajstić information content (AvgIpc) is 2.35. The van der Waals surface area contributed by atoms with Crippen molar-refractivity contribution in [1.82, 2.24) is 0 Å². The maximum absolute atomic E-state index is 3.92. The van der Waals surface area contributed by atoms with E-state index < -0.39 is 0 Å². The lowest BCUT2D eigenvalue weighted by Crippen LogP contribution is -1.92. The van der Waals surface area contributed by atoms with Gasteiger partial charge in [0.25, 0.3) is 0 Å². The molecular formula is C16H22. The first-order valence-corrected chi connectivity index (χ1v) is 6.14. The van der Waals surface area contributed by atoms with Gasteiger partial charge in [0.2, 0.25) is 0 Å². The van der Waals surface area contributed by atoms with Gasteiger partial charge in [0.05, 0.1) is 0 Å². The summed E-state index contributed by atoms with van der Waals surface area (Å²) in [6.07, 6.45) is 8.13. The van der Waals surface area contributed by atoms with Crippen LogP contribution in [0.4, 0.5) is 0 Å². The summed E-state index contributed by atoms with van der Waals surface area (Å²) in [6.45, 7) is 8.32. The zero-order valence-corrected chi connectivity index (χ0v) is 10.4. The van der Waals surface area contributed by atoms with Crippen LogP contribution in [0.1, 0.15) is 38.7 Å². The minimum Gasteiger partial charge on any atom is -0.102 e. The molecule has 16 heavy (non-hydrogen) atoms. The van der Waals surface area contributed by atoms with Crippen LogP contribution in [0.15, 0.2) is 49.1 Å². The van der Waals surface area contributed by atoms with E-state index in [1.807, 2.05) is 0 Å². The Bertz CT molecular complexity index is 332. The summed E-state index contributed by atoms with van der Waals surface area (Å²) in [5.74, 6) is 0.514.